The van der Waals surface area contributed by atoms with Crippen LogP contribution in [0.15, 0.2) is 13.5 Å². The molecular weight excluding hydrogens is 326 g/mol. The number of halogens is 1. The molecule has 2 aromatic heterocycles. The molecule has 0 spiro atoms. The maximum Gasteiger partial charge on any atom is 0.330 e. The van der Waals surface area contributed by atoms with Gasteiger partial charge in [-0.3, -0.25) is 9.78 Å². The SMILES string of the molecule is CC(C)(C(=O)O)n1c(=O)[nH]c2sc(Br)nc2c1=O. The van der Waals surface area contributed by atoms with Gasteiger partial charge in [-0.05, 0) is 29.8 Å². The number of fused-ring (bicyclic) bond motifs is 1. The summed E-state index contributed by atoms with van der Waals surface area (Å²) in [6, 6.07) is 0. The van der Waals surface area contributed by atoms with Crippen molar-refractivity contribution in [3.8, 4) is 0 Å². The average molecular weight is 334 g/mol. The number of rotatable bonds is 2. The lowest BCUT2D eigenvalue weighted by molar-refractivity contribution is -0.146. The van der Waals surface area contributed by atoms with Crippen molar-refractivity contribution in [3.05, 3.63) is 24.8 Å². The van der Waals surface area contributed by atoms with Gasteiger partial charge in [0.2, 0.25) is 0 Å². The molecule has 0 saturated carbocycles. The summed E-state index contributed by atoms with van der Waals surface area (Å²) in [4.78, 5) is 41.8. The maximum absolute atomic E-state index is 12.1. The first kappa shape index (κ1) is 13.0. The van der Waals surface area contributed by atoms with E-state index in [9.17, 15) is 14.4 Å². The van der Waals surface area contributed by atoms with Gasteiger partial charge in [-0.1, -0.05) is 11.3 Å². The minimum Gasteiger partial charge on any atom is -0.480 e. The number of thiazole rings is 1. The van der Waals surface area contributed by atoms with Crippen LogP contribution in [0.3, 0.4) is 0 Å². The van der Waals surface area contributed by atoms with E-state index in [1.54, 1.807) is 0 Å². The lowest BCUT2D eigenvalue weighted by Gasteiger charge is -2.20. The third-order valence-electron chi connectivity index (χ3n) is 2.51. The molecule has 0 fully saturated rings. The van der Waals surface area contributed by atoms with Crippen LogP contribution < -0.4 is 11.2 Å². The second-order valence-electron chi connectivity index (χ2n) is 4.08. The molecule has 2 N–H and O–H groups in total. The molecular formula is C9H8BrN3O4S. The van der Waals surface area contributed by atoms with Gasteiger partial charge in [-0.15, -0.1) is 0 Å². The number of carboxylic acids is 1. The Hall–Kier alpha value is -1.48. The van der Waals surface area contributed by atoms with Crippen molar-refractivity contribution < 1.29 is 9.90 Å². The molecule has 7 nitrogen and oxygen atoms in total. The van der Waals surface area contributed by atoms with E-state index in [2.05, 4.69) is 25.9 Å². The van der Waals surface area contributed by atoms with Crippen LogP contribution in [0.25, 0.3) is 10.3 Å². The molecule has 2 heterocycles. The van der Waals surface area contributed by atoms with Crippen molar-refractivity contribution in [2.24, 2.45) is 0 Å². The topological polar surface area (TPSA) is 105 Å². The summed E-state index contributed by atoms with van der Waals surface area (Å²) in [7, 11) is 0. The Morgan fingerprint density at radius 3 is 2.67 bits per heavy atom. The van der Waals surface area contributed by atoms with Gasteiger partial charge in [0, 0.05) is 0 Å². The highest BCUT2D eigenvalue weighted by atomic mass is 79.9. The van der Waals surface area contributed by atoms with E-state index in [1.807, 2.05) is 0 Å². The molecule has 0 amide bonds. The van der Waals surface area contributed by atoms with Crippen LogP contribution in [0.5, 0.6) is 0 Å². The van der Waals surface area contributed by atoms with E-state index >= 15 is 0 Å². The van der Waals surface area contributed by atoms with Gasteiger partial charge >= 0.3 is 11.7 Å². The molecule has 0 saturated heterocycles. The van der Waals surface area contributed by atoms with Crippen molar-refractivity contribution in [2.45, 2.75) is 19.4 Å². The van der Waals surface area contributed by atoms with Gasteiger partial charge in [-0.2, -0.15) is 0 Å². The van der Waals surface area contributed by atoms with Crippen molar-refractivity contribution in [3.63, 3.8) is 0 Å². The first-order valence-electron chi connectivity index (χ1n) is 4.80. The molecule has 0 bridgehead atoms. The maximum atomic E-state index is 12.1. The first-order valence-corrected chi connectivity index (χ1v) is 6.41. The number of hydrogen-bond acceptors (Lipinski definition) is 5. The summed E-state index contributed by atoms with van der Waals surface area (Å²) in [5, 5.41) is 9.08. The Morgan fingerprint density at radius 1 is 1.50 bits per heavy atom. The Morgan fingerprint density at radius 2 is 2.11 bits per heavy atom. The molecule has 2 rings (SSSR count). The summed E-state index contributed by atoms with van der Waals surface area (Å²) in [5.41, 5.74) is -3.09. The van der Waals surface area contributed by atoms with Gasteiger partial charge in [0.15, 0.2) is 9.43 Å². The average Bonchev–Trinajstić information content (AvgIpc) is 2.58. The largest absolute Gasteiger partial charge is 0.480 e. The van der Waals surface area contributed by atoms with E-state index in [0.717, 1.165) is 11.3 Å². The zero-order valence-electron chi connectivity index (χ0n) is 9.35. The number of H-pyrrole nitrogens is 1. The lowest BCUT2D eigenvalue weighted by atomic mass is 10.1. The predicted octanol–water partition coefficient (Wildman–Crippen LogP) is 0.728. The van der Waals surface area contributed by atoms with Crippen molar-refractivity contribution in [1.29, 1.82) is 0 Å². The van der Waals surface area contributed by atoms with E-state index in [-0.39, 0.29) is 5.52 Å². The number of nitrogens with one attached hydrogen (secondary N) is 1. The lowest BCUT2D eigenvalue weighted by Crippen LogP contribution is -2.50. The van der Waals surface area contributed by atoms with Gasteiger partial charge in [-0.25, -0.2) is 19.1 Å². The van der Waals surface area contributed by atoms with Crippen LogP contribution in [0.4, 0.5) is 0 Å². The fourth-order valence-electron chi connectivity index (χ4n) is 1.48. The smallest absolute Gasteiger partial charge is 0.330 e. The summed E-state index contributed by atoms with van der Waals surface area (Å²) < 4.78 is 1.10. The summed E-state index contributed by atoms with van der Waals surface area (Å²) in [6.45, 7) is 2.55. The molecule has 0 aliphatic rings. The highest BCUT2D eigenvalue weighted by Crippen LogP contribution is 2.21. The molecule has 9 heteroatoms. The van der Waals surface area contributed by atoms with Gasteiger partial charge < -0.3 is 5.11 Å². The molecule has 18 heavy (non-hydrogen) atoms. The van der Waals surface area contributed by atoms with Gasteiger partial charge in [0.25, 0.3) is 5.56 Å². The molecule has 0 aliphatic heterocycles. The van der Waals surface area contributed by atoms with Crippen LogP contribution in [-0.4, -0.2) is 25.6 Å². The number of hydrogen-bond donors (Lipinski definition) is 2. The number of carbonyl (C=O) groups is 1. The van der Waals surface area contributed by atoms with E-state index in [1.165, 1.54) is 13.8 Å². The fourth-order valence-corrected chi connectivity index (χ4v) is 2.81. The molecule has 2 aromatic rings. The number of aromatic amines is 1. The summed E-state index contributed by atoms with van der Waals surface area (Å²) in [5.74, 6) is -1.27. The van der Waals surface area contributed by atoms with Crippen LogP contribution in [0.1, 0.15) is 13.8 Å². The fraction of sp³-hybridized carbons (Fsp3) is 0.333. The summed E-state index contributed by atoms with van der Waals surface area (Å²) >= 11 is 4.21. The summed E-state index contributed by atoms with van der Waals surface area (Å²) in [6.07, 6.45) is 0. The van der Waals surface area contributed by atoms with Crippen LogP contribution in [-0.2, 0) is 10.3 Å². The molecule has 0 atom stereocenters. The normalized spacial score (nSPS) is 11.9. The number of nitrogens with zero attached hydrogens (tertiary/aromatic N) is 2. The number of carboxylic acid groups (broad SMARTS) is 1. The molecule has 96 valence electrons. The quantitative estimate of drug-likeness (QED) is 0.842. The zero-order chi connectivity index (χ0) is 13.7. The Balaban J connectivity index is 2.93. The van der Waals surface area contributed by atoms with E-state index in [0.29, 0.717) is 13.3 Å². The van der Waals surface area contributed by atoms with Crippen LogP contribution >= 0.6 is 27.3 Å². The standard InChI is InChI=1S/C9H8BrN3O4S/c1-9(2,6(15)16)13-5(14)3-4(12-8(13)17)18-7(10)11-3/h1-2H3,(H,12,17)(H,15,16). The molecule has 0 aliphatic carbocycles. The van der Waals surface area contributed by atoms with Gasteiger partial charge in [0.05, 0.1) is 0 Å². The van der Waals surface area contributed by atoms with Crippen LogP contribution in [0, 0.1) is 0 Å². The Bertz CT molecular complexity index is 757. The van der Waals surface area contributed by atoms with Crippen molar-refractivity contribution >= 4 is 43.6 Å². The third-order valence-corrected chi connectivity index (χ3v) is 3.93. The predicted molar refractivity (Wildman–Crippen MR) is 69.2 cm³/mol. The second kappa shape index (κ2) is 4.02. The molecule has 0 aromatic carbocycles. The highest BCUT2D eigenvalue weighted by molar-refractivity contribution is 9.11. The van der Waals surface area contributed by atoms with E-state index < -0.39 is 22.8 Å². The van der Waals surface area contributed by atoms with Gasteiger partial charge in [0.1, 0.15) is 10.4 Å². The molecule has 0 radical (unpaired) electrons. The third kappa shape index (κ3) is 1.79. The second-order valence-corrected chi connectivity index (χ2v) is 6.35. The number of aliphatic carboxylic acids is 1. The minimum atomic E-state index is -1.64. The zero-order valence-corrected chi connectivity index (χ0v) is 11.8. The minimum absolute atomic E-state index is 0.0424. The van der Waals surface area contributed by atoms with E-state index in [4.69, 9.17) is 5.11 Å². The van der Waals surface area contributed by atoms with Crippen molar-refractivity contribution in [1.82, 2.24) is 14.5 Å². The highest BCUT2D eigenvalue weighted by Gasteiger charge is 2.33. The van der Waals surface area contributed by atoms with Crippen molar-refractivity contribution in [2.75, 3.05) is 0 Å². The Kier molecular flexibility index (Phi) is 2.90. The van der Waals surface area contributed by atoms with Crippen LogP contribution in [0.2, 0.25) is 0 Å². The Labute approximate surface area is 112 Å². The number of aromatic nitrogens is 3. The monoisotopic (exact) mass is 333 g/mol. The molecule has 0 unspecified atom stereocenters. The first-order chi connectivity index (χ1) is 8.25.